The molecule has 1 rings (SSSR count). The summed E-state index contributed by atoms with van der Waals surface area (Å²) in [5, 5.41) is 4.03. The summed E-state index contributed by atoms with van der Waals surface area (Å²) >= 11 is 5.98. The van der Waals surface area contributed by atoms with E-state index < -0.39 is 0 Å². The van der Waals surface area contributed by atoms with Crippen molar-refractivity contribution < 1.29 is 0 Å². The van der Waals surface area contributed by atoms with Crippen molar-refractivity contribution in [3.8, 4) is 0 Å². The average molecular weight is 255 g/mol. The molecule has 0 aliphatic rings. The summed E-state index contributed by atoms with van der Waals surface area (Å²) in [6.45, 7) is 5.44. The molecule has 0 amide bonds. The Morgan fingerprint density at radius 1 is 1.35 bits per heavy atom. The maximum Gasteiger partial charge on any atom is 0.0739 e. The molecule has 1 aromatic carbocycles. The lowest BCUT2D eigenvalue weighted by Gasteiger charge is -2.17. The van der Waals surface area contributed by atoms with Gasteiger partial charge in [0.25, 0.3) is 0 Å². The van der Waals surface area contributed by atoms with Crippen molar-refractivity contribution in [2.75, 3.05) is 17.6 Å². The Labute approximate surface area is 110 Å². The monoisotopic (exact) mass is 254 g/mol. The molecule has 1 aromatic rings. The van der Waals surface area contributed by atoms with E-state index in [1.165, 1.54) is 25.7 Å². The summed E-state index contributed by atoms with van der Waals surface area (Å²) in [5.74, 6) is 0.716. The Morgan fingerprint density at radius 3 is 2.76 bits per heavy atom. The van der Waals surface area contributed by atoms with Gasteiger partial charge in [0, 0.05) is 6.54 Å². The van der Waals surface area contributed by atoms with Crippen LogP contribution in [0.5, 0.6) is 0 Å². The number of nitrogens with one attached hydrogen (secondary N) is 1. The van der Waals surface area contributed by atoms with Gasteiger partial charge in [-0.25, -0.2) is 0 Å². The fraction of sp³-hybridized carbons (Fsp3) is 0.571. The van der Waals surface area contributed by atoms with Gasteiger partial charge < -0.3 is 11.1 Å². The first kappa shape index (κ1) is 14.2. The topological polar surface area (TPSA) is 38.0 Å². The Balaban J connectivity index is 2.50. The average Bonchev–Trinajstić information content (AvgIpc) is 2.34. The quantitative estimate of drug-likeness (QED) is 0.701. The van der Waals surface area contributed by atoms with Crippen LogP contribution < -0.4 is 11.1 Å². The van der Waals surface area contributed by atoms with E-state index in [0.717, 1.165) is 12.2 Å². The lowest BCUT2D eigenvalue weighted by atomic mass is 9.99. The summed E-state index contributed by atoms with van der Waals surface area (Å²) in [4.78, 5) is 0. The van der Waals surface area contributed by atoms with E-state index in [1.54, 1.807) is 0 Å². The summed E-state index contributed by atoms with van der Waals surface area (Å²) in [6, 6.07) is 5.72. The number of anilines is 2. The van der Waals surface area contributed by atoms with E-state index in [9.17, 15) is 0 Å². The molecule has 96 valence electrons. The van der Waals surface area contributed by atoms with Gasteiger partial charge in [0.05, 0.1) is 16.4 Å². The molecule has 0 bridgehead atoms. The van der Waals surface area contributed by atoms with Crippen LogP contribution in [0.2, 0.25) is 5.02 Å². The molecule has 0 spiro atoms. The minimum absolute atomic E-state index is 0.622. The summed E-state index contributed by atoms with van der Waals surface area (Å²) < 4.78 is 0. The van der Waals surface area contributed by atoms with Gasteiger partial charge in [-0.3, -0.25) is 0 Å². The van der Waals surface area contributed by atoms with Crippen LogP contribution in [0.25, 0.3) is 0 Å². The van der Waals surface area contributed by atoms with E-state index in [1.807, 2.05) is 18.2 Å². The number of nitrogens with two attached hydrogens (primary N) is 1. The third kappa shape index (κ3) is 4.47. The molecule has 0 aliphatic heterocycles. The molecule has 0 aromatic heterocycles. The molecular weight excluding hydrogens is 232 g/mol. The molecule has 0 saturated heterocycles. The van der Waals surface area contributed by atoms with E-state index >= 15 is 0 Å². The van der Waals surface area contributed by atoms with E-state index in [2.05, 4.69) is 19.2 Å². The van der Waals surface area contributed by atoms with E-state index in [-0.39, 0.29) is 0 Å². The molecule has 3 heteroatoms. The third-order valence-electron chi connectivity index (χ3n) is 3.18. The lowest BCUT2D eigenvalue weighted by Crippen LogP contribution is -2.14. The lowest BCUT2D eigenvalue weighted by molar-refractivity contribution is 0.473. The van der Waals surface area contributed by atoms with Crippen LogP contribution >= 0.6 is 11.6 Å². The molecule has 0 fully saturated rings. The molecule has 1 atom stereocenters. The number of para-hydroxylation sites is 1. The third-order valence-corrected chi connectivity index (χ3v) is 3.51. The largest absolute Gasteiger partial charge is 0.396 e. The number of benzene rings is 1. The molecule has 0 radical (unpaired) electrons. The maximum absolute atomic E-state index is 5.98. The van der Waals surface area contributed by atoms with Crippen LogP contribution in [0.3, 0.4) is 0 Å². The van der Waals surface area contributed by atoms with Gasteiger partial charge in [0.15, 0.2) is 0 Å². The summed E-state index contributed by atoms with van der Waals surface area (Å²) in [6.07, 6.45) is 5.04. The Kier molecular flexibility index (Phi) is 6.20. The van der Waals surface area contributed by atoms with Gasteiger partial charge >= 0.3 is 0 Å². The van der Waals surface area contributed by atoms with Crippen molar-refractivity contribution in [1.29, 1.82) is 0 Å². The molecule has 1 unspecified atom stereocenters. The zero-order chi connectivity index (χ0) is 12.7. The van der Waals surface area contributed by atoms with Crippen LogP contribution in [-0.4, -0.2) is 6.54 Å². The zero-order valence-corrected chi connectivity index (χ0v) is 11.6. The zero-order valence-electron chi connectivity index (χ0n) is 10.8. The highest BCUT2D eigenvalue weighted by Crippen LogP contribution is 2.27. The minimum Gasteiger partial charge on any atom is -0.396 e. The van der Waals surface area contributed by atoms with Crippen LogP contribution in [0, 0.1) is 5.92 Å². The van der Waals surface area contributed by atoms with Gasteiger partial charge in [0.1, 0.15) is 0 Å². The van der Waals surface area contributed by atoms with Crippen molar-refractivity contribution >= 4 is 23.0 Å². The van der Waals surface area contributed by atoms with Gasteiger partial charge in [-0.1, -0.05) is 50.8 Å². The van der Waals surface area contributed by atoms with Crippen LogP contribution in [0.1, 0.15) is 39.5 Å². The summed E-state index contributed by atoms with van der Waals surface area (Å²) in [7, 11) is 0. The fourth-order valence-electron chi connectivity index (χ4n) is 1.89. The molecule has 17 heavy (non-hydrogen) atoms. The van der Waals surface area contributed by atoms with Crippen LogP contribution in [-0.2, 0) is 0 Å². The van der Waals surface area contributed by atoms with Crippen molar-refractivity contribution in [3.05, 3.63) is 23.2 Å². The van der Waals surface area contributed by atoms with Crippen molar-refractivity contribution in [1.82, 2.24) is 0 Å². The fourth-order valence-corrected chi connectivity index (χ4v) is 2.06. The predicted molar refractivity (Wildman–Crippen MR) is 77.7 cm³/mol. The second-order valence-corrected chi connectivity index (χ2v) is 4.91. The highest BCUT2D eigenvalue weighted by Gasteiger charge is 2.07. The Bertz CT molecular complexity index is 339. The number of nitrogen functional groups attached to an aromatic ring is 1. The smallest absolute Gasteiger partial charge is 0.0739 e. The number of unbranched alkanes of at least 4 members (excludes halogenated alkanes) is 1. The molecule has 3 N–H and O–H groups in total. The predicted octanol–water partition coefficient (Wildman–Crippen LogP) is 4.55. The molecule has 0 saturated carbocycles. The highest BCUT2D eigenvalue weighted by molar-refractivity contribution is 6.33. The number of halogens is 1. The normalized spacial score (nSPS) is 12.4. The van der Waals surface area contributed by atoms with Crippen molar-refractivity contribution in [2.24, 2.45) is 5.92 Å². The minimum atomic E-state index is 0.622. The van der Waals surface area contributed by atoms with Crippen molar-refractivity contribution in [3.63, 3.8) is 0 Å². The summed E-state index contributed by atoms with van der Waals surface area (Å²) in [5.41, 5.74) is 7.52. The van der Waals surface area contributed by atoms with Crippen LogP contribution in [0.4, 0.5) is 11.4 Å². The highest BCUT2D eigenvalue weighted by atomic mass is 35.5. The molecule has 0 heterocycles. The first-order valence-corrected chi connectivity index (χ1v) is 6.84. The Morgan fingerprint density at radius 2 is 2.12 bits per heavy atom. The van der Waals surface area contributed by atoms with Crippen molar-refractivity contribution in [2.45, 2.75) is 39.5 Å². The molecule has 0 aliphatic carbocycles. The number of hydrogen-bond donors (Lipinski definition) is 2. The molecular formula is C14H23ClN2. The van der Waals surface area contributed by atoms with Crippen LogP contribution in [0.15, 0.2) is 18.2 Å². The first-order valence-electron chi connectivity index (χ1n) is 6.46. The van der Waals surface area contributed by atoms with E-state index in [4.69, 9.17) is 17.3 Å². The second kappa shape index (κ2) is 7.44. The van der Waals surface area contributed by atoms with Gasteiger partial charge in [-0.2, -0.15) is 0 Å². The van der Waals surface area contributed by atoms with Gasteiger partial charge in [0.2, 0.25) is 0 Å². The van der Waals surface area contributed by atoms with E-state index in [0.29, 0.717) is 16.6 Å². The standard InChI is InChI=1S/C14H23ClN2/c1-3-5-7-11(4-2)10-17-13-9-6-8-12(15)14(13)16/h6,8-9,11,17H,3-5,7,10,16H2,1-2H3. The second-order valence-electron chi connectivity index (χ2n) is 4.50. The Hall–Kier alpha value is -0.890. The maximum atomic E-state index is 5.98. The first-order chi connectivity index (χ1) is 8.19. The van der Waals surface area contributed by atoms with Gasteiger partial charge in [-0.05, 0) is 24.5 Å². The number of hydrogen-bond acceptors (Lipinski definition) is 2. The SMILES string of the molecule is CCCCC(CC)CNc1cccc(Cl)c1N. The van der Waals surface area contributed by atoms with Gasteiger partial charge in [-0.15, -0.1) is 0 Å². The number of rotatable bonds is 7. The molecule has 2 nitrogen and oxygen atoms in total.